The Kier molecular flexibility index (Phi) is 5.74. The number of rotatable bonds is 7. The first-order chi connectivity index (χ1) is 14.2. The van der Waals surface area contributed by atoms with Crippen molar-refractivity contribution in [1.29, 1.82) is 0 Å². The van der Waals surface area contributed by atoms with Gasteiger partial charge in [-0.3, -0.25) is 0 Å². The molecule has 4 aromatic rings. The molecule has 0 aliphatic rings. The van der Waals surface area contributed by atoms with Crippen LogP contribution in [0, 0.1) is 0 Å². The molecular weight excluding hydrogens is 380 g/mol. The first kappa shape index (κ1) is 19.4. The number of thiophene rings is 1. The highest BCUT2D eigenvalue weighted by Gasteiger charge is 2.17. The second-order valence-corrected chi connectivity index (χ2v) is 7.91. The number of nitrogens with zero attached hydrogens (tertiary/aromatic N) is 3. The Labute approximate surface area is 175 Å². The predicted octanol–water partition coefficient (Wildman–Crippen LogP) is 5.08. The van der Waals surface area contributed by atoms with E-state index in [2.05, 4.69) is 76.1 Å². The van der Waals surface area contributed by atoms with E-state index in [4.69, 9.17) is 4.74 Å². The van der Waals surface area contributed by atoms with Crippen LogP contribution in [-0.2, 0) is 0 Å². The Hall–Kier alpha value is -2.96. The van der Waals surface area contributed by atoms with Gasteiger partial charge < -0.3 is 15.0 Å². The Morgan fingerprint density at radius 2 is 1.79 bits per heavy atom. The van der Waals surface area contributed by atoms with Crippen molar-refractivity contribution in [2.45, 2.75) is 6.04 Å². The molecule has 1 N–H and O–H groups in total. The SMILES string of the molecule is COc1ccc(-c2csc3ncnc(NC[C@@H](c4ccccc4)N(C)C)c23)cc1. The molecule has 2 aromatic carbocycles. The molecule has 0 amide bonds. The van der Waals surface area contributed by atoms with Crippen molar-refractivity contribution in [3.8, 4) is 16.9 Å². The molecule has 5 nitrogen and oxygen atoms in total. The number of methoxy groups -OCH3 is 1. The van der Waals surface area contributed by atoms with Gasteiger partial charge >= 0.3 is 0 Å². The number of benzene rings is 2. The molecule has 0 bridgehead atoms. The summed E-state index contributed by atoms with van der Waals surface area (Å²) in [5.41, 5.74) is 3.54. The first-order valence-corrected chi connectivity index (χ1v) is 10.4. The number of fused-ring (bicyclic) bond motifs is 1. The van der Waals surface area contributed by atoms with Gasteiger partial charge in [0, 0.05) is 17.5 Å². The van der Waals surface area contributed by atoms with Gasteiger partial charge in [0.05, 0.1) is 18.5 Å². The van der Waals surface area contributed by atoms with E-state index in [-0.39, 0.29) is 6.04 Å². The van der Waals surface area contributed by atoms with Gasteiger partial charge in [0.2, 0.25) is 0 Å². The van der Waals surface area contributed by atoms with Crippen LogP contribution in [0.5, 0.6) is 5.75 Å². The number of anilines is 1. The summed E-state index contributed by atoms with van der Waals surface area (Å²) in [5, 5.41) is 6.78. The van der Waals surface area contributed by atoms with Crippen molar-refractivity contribution >= 4 is 27.4 Å². The van der Waals surface area contributed by atoms with Gasteiger partial charge in [-0.1, -0.05) is 42.5 Å². The van der Waals surface area contributed by atoms with Crippen molar-refractivity contribution < 1.29 is 4.74 Å². The summed E-state index contributed by atoms with van der Waals surface area (Å²) in [5.74, 6) is 1.71. The molecule has 0 aliphatic carbocycles. The molecule has 0 unspecified atom stereocenters. The molecule has 2 heterocycles. The molecule has 29 heavy (non-hydrogen) atoms. The number of nitrogens with one attached hydrogen (secondary N) is 1. The third-order valence-corrected chi connectivity index (χ3v) is 5.93. The highest BCUT2D eigenvalue weighted by Crippen LogP contribution is 2.37. The topological polar surface area (TPSA) is 50.3 Å². The van der Waals surface area contributed by atoms with Gasteiger partial charge in [0.25, 0.3) is 0 Å². The number of aromatic nitrogens is 2. The zero-order valence-corrected chi connectivity index (χ0v) is 17.6. The number of hydrogen-bond donors (Lipinski definition) is 1. The summed E-state index contributed by atoms with van der Waals surface area (Å²) in [6.07, 6.45) is 1.63. The Morgan fingerprint density at radius 3 is 2.48 bits per heavy atom. The number of ether oxygens (including phenoxy) is 1. The molecule has 0 saturated heterocycles. The van der Waals surface area contributed by atoms with Gasteiger partial charge in [-0.05, 0) is 37.4 Å². The molecule has 4 rings (SSSR count). The summed E-state index contributed by atoms with van der Waals surface area (Å²) in [4.78, 5) is 12.2. The Balaban J connectivity index is 1.66. The summed E-state index contributed by atoms with van der Waals surface area (Å²) in [6, 6.07) is 18.9. The smallest absolute Gasteiger partial charge is 0.138 e. The summed E-state index contributed by atoms with van der Waals surface area (Å²) < 4.78 is 5.29. The third kappa shape index (κ3) is 4.09. The lowest BCUT2D eigenvalue weighted by Gasteiger charge is -2.25. The Morgan fingerprint density at radius 1 is 1.03 bits per heavy atom. The van der Waals surface area contributed by atoms with E-state index in [9.17, 15) is 0 Å². The van der Waals surface area contributed by atoms with Crippen molar-refractivity contribution in [1.82, 2.24) is 14.9 Å². The maximum absolute atomic E-state index is 5.29. The molecule has 2 aromatic heterocycles. The van der Waals surface area contributed by atoms with Crippen molar-refractivity contribution in [3.63, 3.8) is 0 Å². The molecule has 0 radical (unpaired) electrons. The molecule has 148 valence electrons. The highest BCUT2D eigenvalue weighted by atomic mass is 32.1. The fourth-order valence-electron chi connectivity index (χ4n) is 3.46. The van der Waals surface area contributed by atoms with Crippen molar-refractivity contribution in [2.75, 3.05) is 33.1 Å². The van der Waals surface area contributed by atoms with Crippen LogP contribution in [0.4, 0.5) is 5.82 Å². The molecule has 1 atom stereocenters. The van der Waals surface area contributed by atoms with E-state index in [0.717, 1.165) is 39.5 Å². The zero-order valence-electron chi connectivity index (χ0n) is 16.8. The Bertz CT molecular complexity index is 1080. The van der Waals surface area contributed by atoms with Crippen LogP contribution in [0.15, 0.2) is 66.3 Å². The molecule has 6 heteroatoms. The maximum atomic E-state index is 5.29. The van der Waals surface area contributed by atoms with E-state index >= 15 is 0 Å². The van der Waals surface area contributed by atoms with Gasteiger partial charge in [0.1, 0.15) is 22.7 Å². The van der Waals surface area contributed by atoms with Crippen LogP contribution in [0.3, 0.4) is 0 Å². The monoisotopic (exact) mass is 404 g/mol. The summed E-state index contributed by atoms with van der Waals surface area (Å²) in [7, 11) is 5.88. The van der Waals surface area contributed by atoms with Crippen LogP contribution < -0.4 is 10.1 Å². The van der Waals surface area contributed by atoms with Crippen LogP contribution in [0.25, 0.3) is 21.3 Å². The van der Waals surface area contributed by atoms with Gasteiger partial charge in [-0.25, -0.2) is 9.97 Å². The van der Waals surface area contributed by atoms with Crippen molar-refractivity contribution in [2.24, 2.45) is 0 Å². The minimum Gasteiger partial charge on any atom is -0.497 e. The van der Waals surface area contributed by atoms with Crippen LogP contribution >= 0.6 is 11.3 Å². The highest BCUT2D eigenvalue weighted by molar-refractivity contribution is 7.17. The lowest BCUT2D eigenvalue weighted by Crippen LogP contribution is -2.27. The van der Waals surface area contributed by atoms with Crippen LogP contribution in [-0.4, -0.2) is 42.6 Å². The second-order valence-electron chi connectivity index (χ2n) is 7.05. The first-order valence-electron chi connectivity index (χ1n) is 9.49. The van der Waals surface area contributed by atoms with Gasteiger partial charge in [-0.2, -0.15) is 0 Å². The number of hydrogen-bond acceptors (Lipinski definition) is 6. The second kappa shape index (κ2) is 8.59. The number of likely N-dealkylation sites (N-methyl/N-ethyl adjacent to an activating group) is 1. The summed E-state index contributed by atoms with van der Waals surface area (Å²) in [6.45, 7) is 0.751. The molecule has 0 spiro atoms. The van der Waals surface area contributed by atoms with E-state index in [1.54, 1.807) is 24.8 Å². The fourth-order valence-corrected chi connectivity index (χ4v) is 4.38. The maximum Gasteiger partial charge on any atom is 0.138 e. The fraction of sp³-hybridized carbons (Fsp3) is 0.217. The van der Waals surface area contributed by atoms with Gasteiger partial charge in [0.15, 0.2) is 0 Å². The largest absolute Gasteiger partial charge is 0.497 e. The van der Waals surface area contributed by atoms with E-state index < -0.39 is 0 Å². The third-order valence-electron chi connectivity index (χ3n) is 5.04. The normalized spacial score (nSPS) is 12.3. The zero-order chi connectivity index (χ0) is 20.2. The minimum absolute atomic E-state index is 0.240. The standard InChI is InChI=1S/C23H24N4OS/c1-27(2)20(17-7-5-4-6-8-17)13-24-22-21-19(14-29-23(21)26-15-25-22)16-9-11-18(28-3)12-10-16/h4-12,14-15,20H,13H2,1-3H3,(H,24,25,26)/t20-/m0/s1. The van der Waals surface area contributed by atoms with E-state index in [1.807, 2.05) is 18.2 Å². The average molecular weight is 405 g/mol. The molecule has 0 fully saturated rings. The minimum atomic E-state index is 0.240. The van der Waals surface area contributed by atoms with E-state index in [1.165, 1.54) is 5.56 Å². The van der Waals surface area contributed by atoms with Crippen molar-refractivity contribution in [3.05, 3.63) is 71.9 Å². The molecular formula is C23H24N4OS. The van der Waals surface area contributed by atoms with E-state index in [0.29, 0.717) is 0 Å². The molecule has 0 saturated carbocycles. The predicted molar refractivity (Wildman–Crippen MR) is 121 cm³/mol. The molecule has 0 aliphatic heterocycles. The van der Waals surface area contributed by atoms with Crippen LogP contribution in [0.1, 0.15) is 11.6 Å². The quantitative estimate of drug-likeness (QED) is 0.465. The lowest BCUT2D eigenvalue weighted by atomic mass is 10.0. The van der Waals surface area contributed by atoms with Gasteiger partial charge in [-0.15, -0.1) is 11.3 Å². The summed E-state index contributed by atoms with van der Waals surface area (Å²) >= 11 is 1.64. The average Bonchev–Trinajstić information content (AvgIpc) is 3.19. The van der Waals surface area contributed by atoms with Crippen LogP contribution in [0.2, 0.25) is 0 Å². The lowest BCUT2D eigenvalue weighted by molar-refractivity contribution is 0.311.